The summed E-state index contributed by atoms with van der Waals surface area (Å²) in [5.74, 6) is 2.53. The minimum absolute atomic E-state index is 0.0536. The molecule has 9 nitrogen and oxygen atoms in total. The molecule has 2 aromatic heterocycles. The minimum Gasteiger partial charge on any atom is -0.393 e. The van der Waals surface area contributed by atoms with Gasteiger partial charge in [-0.05, 0) is 0 Å². The molecule has 2 unspecified atom stereocenters. The van der Waals surface area contributed by atoms with Crippen molar-refractivity contribution in [1.82, 2.24) is 19.5 Å². The zero-order chi connectivity index (χ0) is 15.9. The fourth-order valence-corrected chi connectivity index (χ4v) is 2.63. The summed E-state index contributed by atoms with van der Waals surface area (Å²) in [7, 11) is 0. The van der Waals surface area contributed by atoms with Crippen LogP contribution < -0.4 is 5.73 Å². The van der Waals surface area contributed by atoms with Crippen LogP contribution in [0.4, 0.5) is 5.82 Å². The van der Waals surface area contributed by atoms with Crippen LogP contribution in [0, 0.1) is 12.3 Å². The Labute approximate surface area is 125 Å². The van der Waals surface area contributed by atoms with Gasteiger partial charge in [-0.2, -0.15) is 0 Å². The third-order valence-corrected chi connectivity index (χ3v) is 3.84. The van der Waals surface area contributed by atoms with E-state index in [1.165, 1.54) is 17.2 Å². The number of hydrogen-bond acceptors (Lipinski definition) is 8. The number of ether oxygens (including phenoxy) is 1. The topological polar surface area (TPSA) is 140 Å². The van der Waals surface area contributed by atoms with Crippen LogP contribution in [0.5, 0.6) is 0 Å². The summed E-state index contributed by atoms with van der Waals surface area (Å²) in [4.78, 5) is 12.0. The van der Waals surface area contributed by atoms with Crippen molar-refractivity contribution in [2.24, 2.45) is 0 Å². The number of imidazole rings is 1. The number of aliphatic hydroxyl groups excluding tert-OH is 3. The van der Waals surface area contributed by atoms with Crippen LogP contribution in [0.3, 0.4) is 0 Å². The number of nitrogen functional groups attached to an aromatic ring is 1. The molecule has 0 amide bonds. The number of aliphatic hydroxyl groups is 3. The van der Waals surface area contributed by atoms with Gasteiger partial charge in [0.25, 0.3) is 0 Å². The molecule has 5 N–H and O–H groups in total. The summed E-state index contributed by atoms with van der Waals surface area (Å²) in [6.45, 7) is -0.532. The van der Waals surface area contributed by atoms with Gasteiger partial charge in [0.2, 0.25) is 0 Å². The Morgan fingerprint density at radius 2 is 2.18 bits per heavy atom. The number of terminal acetylenes is 1. The zero-order valence-corrected chi connectivity index (χ0v) is 11.5. The predicted molar refractivity (Wildman–Crippen MR) is 75.1 cm³/mol. The van der Waals surface area contributed by atoms with E-state index < -0.39 is 30.6 Å². The van der Waals surface area contributed by atoms with Gasteiger partial charge in [-0.25, -0.2) is 15.0 Å². The molecular weight excluding hydrogens is 290 g/mol. The van der Waals surface area contributed by atoms with Gasteiger partial charge < -0.3 is 25.8 Å². The predicted octanol–water partition coefficient (Wildman–Crippen LogP) is -1.59. The van der Waals surface area contributed by atoms with Gasteiger partial charge in [-0.1, -0.05) is 0 Å². The van der Waals surface area contributed by atoms with E-state index in [2.05, 4.69) is 20.9 Å². The summed E-state index contributed by atoms with van der Waals surface area (Å²) >= 11 is 0. The van der Waals surface area contributed by atoms with Crippen molar-refractivity contribution in [2.45, 2.75) is 30.5 Å². The molecule has 116 valence electrons. The Bertz CT molecular complexity index is 742. The highest BCUT2D eigenvalue weighted by Crippen LogP contribution is 2.40. The average Bonchev–Trinajstić information content (AvgIpc) is 3.04. The van der Waals surface area contributed by atoms with Crippen molar-refractivity contribution in [2.75, 3.05) is 12.3 Å². The second kappa shape index (κ2) is 5.19. The summed E-state index contributed by atoms with van der Waals surface area (Å²) in [5, 5.41) is 30.0. The Kier molecular flexibility index (Phi) is 3.46. The van der Waals surface area contributed by atoms with Crippen molar-refractivity contribution >= 4 is 17.0 Å². The third kappa shape index (κ3) is 1.93. The normalized spacial score (nSPS) is 31.5. The monoisotopic (exact) mass is 305 g/mol. The number of rotatable bonds is 3. The summed E-state index contributed by atoms with van der Waals surface area (Å²) in [6, 6.07) is 0. The van der Waals surface area contributed by atoms with Gasteiger partial charge in [0.05, 0.1) is 12.9 Å². The van der Waals surface area contributed by atoms with Crippen molar-refractivity contribution in [1.29, 1.82) is 0 Å². The molecule has 0 spiro atoms. The second-order valence-corrected chi connectivity index (χ2v) is 5.13. The molecular formula is C13H15N5O4. The first-order chi connectivity index (χ1) is 10.5. The fourth-order valence-electron chi connectivity index (χ4n) is 2.63. The molecule has 3 rings (SSSR count). The summed E-state index contributed by atoms with van der Waals surface area (Å²) in [6.07, 6.45) is 4.17. The quantitative estimate of drug-likeness (QED) is 0.498. The first-order valence-electron chi connectivity index (χ1n) is 6.55. The molecule has 9 heteroatoms. The fraction of sp³-hybridized carbons (Fsp3) is 0.462. The van der Waals surface area contributed by atoms with Crippen LogP contribution in [-0.2, 0) is 4.74 Å². The lowest BCUT2D eigenvalue weighted by Gasteiger charge is -2.27. The number of fused-ring (bicyclic) bond motifs is 1. The van der Waals surface area contributed by atoms with E-state index >= 15 is 0 Å². The molecule has 3 heterocycles. The Morgan fingerprint density at radius 3 is 2.86 bits per heavy atom. The van der Waals surface area contributed by atoms with Crippen LogP contribution >= 0.6 is 0 Å². The highest BCUT2D eigenvalue weighted by Gasteiger charge is 2.54. The largest absolute Gasteiger partial charge is 0.393 e. The standard InChI is InChI=1S/C13H15N5O4/c1-2-3-13(4-19)9(21)8(20)12(22-13)18-6-17-7-10(14)15-5-16-11(7)18/h1,5-6,8-9,12,19-21H,3-4H2,(H2,14,15,16)/t8?,9?,12-,13-/m1/s1. The Hall–Kier alpha value is -2.25. The molecule has 0 saturated carbocycles. The number of anilines is 1. The van der Waals surface area contributed by atoms with Crippen molar-refractivity contribution < 1.29 is 20.1 Å². The SMILES string of the molecule is C#CC[C@]1(CO)O[C@@H](n2cnc3c(N)ncnc32)C(O)C1O. The van der Waals surface area contributed by atoms with Gasteiger partial charge in [0, 0.05) is 6.42 Å². The number of aromatic nitrogens is 4. The van der Waals surface area contributed by atoms with E-state index in [4.69, 9.17) is 16.9 Å². The lowest BCUT2D eigenvalue weighted by Crippen LogP contribution is -2.46. The summed E-state index contributed by atoms with van der Waals surface area (Å²) in [5.41, 5.74) is 4.97. The highest BCUT2D eigenvalue weighted by atomic mass is 16.6. The van der Waals surface area contributed by atoms with E-state index in [0.717, 1.165) is 0 Å². The molecule has 0 bridgehead atoms. The smallest absolute Gasteiger partial charge is 0.167 e. The molecule has 1 fully saturated rings. The molecule has 2 aromatic rings. The van der Waals surface area contributed by atoms with Crippen molar-refractivity contribution in [3.05, 3.63) is 12.7 Å². The maximum Gasteiger partial charge on any atom is 0.167 e. The molecule has 22 heavy (non-hydrogen) atoms. The van der Waals surface area contributed by atoms with E-state index in [0.29, 0.717) is 11.2 Å². The number of nitrogens with two attached hydrogens (primary N) is 1. The minimum atomic E-state index is -1.44. The maximum absolute atomic E-state index is 10.3. The van der Waals surface area contributed by atoms with Gasteiger partial charge in [0.1, 0.15) is 29.7 Å². The zero-order valence-electron chi connectivity index (χ0n) is 11.5. The first-order valence-corrected chi connectivity index (χ1v) is 6.55. The molecule has 0 aromatic carbocycles. The molecule has 1 aliphatic heterocycles. The first kappa shape index (κ1) is 14.7. The van der Waals surface area contributed by atoms with Crippen LogP contribution in [0.15, 0.2) is 12.7 Å². The lowest BCUT2D eigenvalue weighted by molar-refractivity contribution is -0.124. The molecule has 4 atom stereocenters. The van der Waals surface area contributed by atoms with E-state index in [9.17, 15) is 15.3 Å². The molecule has 1 saturated heterocycles. The van der Waals surface area contributed by atoms with Crippen molar-refractivity contribution in [3.63, 3.8) is 0 Å². The van der Waals surface area contributed by atoms with Crippen LogP contribution in [-0.4, -0.2) is 59.3 Å². The average molecular weight is 305 g/mol. The molecule has 0 aliphatic carbocycles. The van der Waals surface area contributed by atoms with Crippen LogP contribution in [0.2, 0.25) is 0 Å². The van der Waals surface area contributed by atoms with Gasteiger partial charge in [-0.3, -0.25) is 4.57 Å². The Morgan fingerprint density at radius 1 is 1.41 bits per heavy atom. The third-order valence-electron chi connectivity index (χ3n) is 3.84. The number of nitrogens with zero attached hydrogens (tertiary/aromatic N) is 4. The van der Waals surface area contributed by atoms with Crippen LogP contribution in [0.1, 0.15) is 12.6 Å². The van der Waals surface area contributed by atoms with Gasteiger partial charge in [-0.15, -0.1) is 12.3 Å². The van der Waals surface area contributed by atoms with Gasteiger partial charge >= 0.3 is 0 Å². The molecule has 0 radical (unpaired) electrons. The lowest BCUT2D eigenvalue weighted by atomic mass is 9.93. The van der Waals surface area contributed by atoms with Gasteiger partial charge in [0.15, 0.2) is 17.7 Å². The van der Waals surface area contributed by atoms with Crippen molar-refractivity contribution in [3.8, 4) is 12.3 Å². The summed E-state index contributed by atoms with van der Waals surface area (Å²) < 4.78 is 7.11. The van der Waals surface area contributed by atoms with E-state index in [1.807, 2.05) is 0 Å². The maximum atomic E-state index is 10.3. The Balaban J connectivity index is 2.05. The van der Waals surface area contributed by atoms with Crippen LogP contribution in [0.25, 0.3) is 11.2 Å². The highest BCUT2D eigenvalue weighted by molar-refractivity contribution is 5.81. The number of hydrogen-bond donors (Lipinski definition) is 4. The second-order valence-electron chi connectivity index (χ2n) is 5.13. The van der Waals surface area contributed by atoms with E-state index in [1.54, 1.807) is 0 Å². The van der Waals surface area contributed by atoms with E-state index in [-0.39, 0.29) is 12.2 Å². The molecule has 1 aliphatic rings.